The molecule has 0 saturated heterocycles. The molecule has 0 aliphatic carbocycles. The van der Waals surface area contributed by atoms with Crippen molar-refractivity contribution in [3.8, 4) is 0 Å². The van der Waals surface area contributed by atoms with E-state index in [0.29, 0.717) is 5.02 Å². The van der Waals surface area contributed by atoms with Crippen LogP contribution in [-0.2, 0) is 6.42 Å². The number of hydrogen-bond donors (Lipinski definition) is 1. The molecule has 1 atom stereocenters. The molecule has 1 aromatic carbocycles. The zero-order chi connectivity index (χ0) is 14.0. The minimum atomic E-state index is -0.247. The second kappa shape index (κ2) is 5.76. The van der Waals surface area contributed by atoms with Crippen molar-refractivity contribution in [2.45, 2.75) is 39.3 Å². The minimum Gasteiger partial charge on any atom is -0.319 e. The summed E-state index contributed by atoms with van der Waals surface area (Å²) in [5, 5.41) is 4.93. The molecular weight excluding hydrogens is 258 g/mol. The molecule has 0 radical (unpaired) electrons. The first kappa shape index (κ1) is 14.1. The van der Waals surface area contributed by atoms with Gasteiger partial charge in [-0.2, -0.15) is 5.10 Å². The molecule has 2 N–H and O–H groups in total. The normalized spacial score (nSPS) is 12.9. The van der Waals surface area contributed by atoms with Gasteiger partial charge in [0.1, 0.15) is 0 Å². The van der Waals surface area contributed by atoms with Gasteiger partial charge < -0.3 is 5.73 Å². The third kappa shape index (κ3) is 2.82. The van der Waals surface area contributed by atoms with Crippen LogP contribution in [0.1, 0.15) is 49.7 Å². The van der Waals surface area contributed by atoms with Crippen LogP contribution in [0.4, 0.5) is 0 Å². The Morgan fingerprint density at radius 3 is 2.42 bits per heavy atom. The highest BCUT2D eigenvalue weighted by Crippen LogP contribution is 2.28. The number of rotatable bonds is 4. The highest BCUT2D eigenvalue weighted by Gasteiger charge is 2.19. The van der Waals surface area contributed by atoms with Gasteiger partial charge in [0.25, 0.3) is 0 Å². The van der Waals surface area contributed by atoms with Gasteiger partial charge in [0.2, 0.25) is 0 Å². The highest BCUT2D eigenvalue weighted by molar-refractivity contribution is 6.31. The fraction of sp³-hybridized carbons (Fsp3) is 0.400. The first-order valence-corrected chi connectivity index (χ1v) is 6.99. The van der Waals surface area contributed by atoms with E-state index in [4.69, 9.17) is 17.3 Å². The lowest BCUT2D eigenvalue weighted by Crippen LogP contribution is -2.19. The van der Waals surface area contributed by atoms with Gasteiger partial charge in [-0.1, -0.05) is 42.8 Å². The van der Waals surface area contributed by atoms with E-state index in [9.17, 15) is 0 Å². The van der Waals surface area contributed by atoms with Gasteiger partial charge in [-0.3, -0.25) is 4.68 Å². The van der Waals surface area contributed by atoms with Crippen LogP contribution in [0.2, 0.25) is 5.02 Å². The molecule has 0 amide bonds. The first-order chi connectivity index (χ1) is 9.04. The number of halogens is 1. The van der Waals surface area contributed by atoms with Gasteiger partial charge in [-0.05, 0) is 31.4 Å². The molecule has 4 heteroatoms. The molecule has 3 nitrogen and oxygen atoms in total. The Bertz CT molecular complexity index is 543. The Kier molecular flexibility index (Phi) is 4.27. The molecule has 0 spiro atoms. The van der Waals surface area contributed by atoms with Crippen LogP contribution in [0.25, 0.3) is 0 Å². The number of nitrogens with two attached hydrogens (primary N) is 1. The van der Waals surface area contributed by atoms with Gasteiger partial charge in [0, 0.05) is 6.04 Å². The lowest BCUT2D eigenvalue weighted by Gasteiger charge is -2.18. The Morgan fingerprint density at radius 2 is 1.89 bits per heavy atom. The van der Waals surface area contributed by atoms with Crippen LogP contribution in [0.3, 0.4) is 0 Å². The molecule has 0 aliphatic heterocycles. The van der Waals surface area contributed by atoms with E-state index in [1.807, 2.05) is 4.68 Å². The summed E-state index contributed by atoms with van der Waals surface area (Å²) in [7, 11) is 0. The Labute approximate surface area is 119 Å². The summed E-state index contributed by atoms with van der Waals surface area (Å²) in [6, 6.07) is 8.35. The SMILES string of the molecule is CCc1ccc(C(N)c2c(Cl)cnn2C(C)C)cc1. The van der Waals surface area contributed by atoms with Gasteiger partial charge in [-0.25, -0.2) is 0 Å². The molecule has 1 heterocycles. The Hall–Kier alpha value is -1.32. The topological polar surface area (TPSA) is 43.8 Å². The van der Waals surface area contributed by atoms with Crippen LogP contribution in [0.15, 0.2) is 30.5 Å². The zero-order valence-corrected chi connectivity index (χ0v) is 12.4. The largest absolute Gasteiger partial charge is 0.319 e. The summed E-state index contributed by atoms with van der Waals surface area (Å²) in [5.41, 5.74) is 9.58. The predicted octanol–water partition coefficient (Wildman–Crippen LogP) is 3.73. The quantitative estimate of drug-likeness (QED) is 0.925. The van der Waals surface area contributed by atoms with E-state index in [2.05, 4.69) is 50.1 Å². The smallest absolute Gasteiger partial charge is 0.0837 e. The number of benzene rings is 1. The molecule has 2 rings (SSSR count). The van der Waals surface area contributed by atoms with Crippen LogP contribution in [-0.4, -0.2) is 9.78 Å². The summed E-state index contributed by atoms with van der Waals surface area (Å²) in [4.78, 5) is 0. The third-order valence-electron chi connectivity index (χ3n) is 3.32. The number of aromatic nitrogens is 2. The summed E-state index contributed by atoms with van der Waals surface area (Å²) in [6.07, 6.45) is 2.69. The van der Waals surface area contributed by atoms with E-state index in [0.717, 1.165) is 17.7 Å². The summed E-state index contributed by atoms with van der Waals surface area (Å²) < 4.78 is 1.89. The summed E-state index contributed by atoms with van der Waals surface area (Å²) in [6.45, 7) is 6.28. The fourth-order valence-electron chi connectivity index (χ4n) is 2.17. The van der Waals surface area contributed by atoms with Gasteiger partial charge in [0.15, 0.2) is 0 Å². The second-order valence-corrected chi connectivity index (χ2v) is 5.40. The molecule has 2 aromatic rings. The van der Waals surface area contributed by atoms with Crippen LogP contribution < -0.4 is 5.73 Å². The van der Waals surface area contributed by atoms with E-state index in [-0.39, 0.29) is 12.1 Å². The predicted molar refractivity (Wildman–Crippen MR) is 79.5 cm³/mol. The van der Waals surface area contributed by atoms with E-state index >= 15 is 0 Å². The Balaban J connectivity index is 2.37. The monoisotopic (exact) mass is 277 g/mol. The van der Waals surface area contributed by atoms with Crippen molar-refractivity contribution in [3.63, 3.8) is 0 Å². The van der Waals surface area contributed by atoms with Crippen molar-refractivity contribution in [3.05, 3.63) is 52.3 Å². The molecule has 1 unspecified atom stereocenters. The molecule has 0 saturated carbocycles. The molecule has 19 heavy (non-hydrogen) atoms. The van der Waals surface area contributed by atoms with Gasteiger partial charge in [0.05, 0.1) is 23.0 Å². The van der Waals surface area contributed by atoms with Crippen LogP contribution in [0.5, 0.6) is 0 Å². The standard InChI is InChI=1S/C15H20ClN3/c1-4-11-5-7-12(8-6-11)14(17)15-13(16)9-18-19(15)10(2)3/h5-10,14H,4,17H2,1-3H3. The van der Waals surface area contributed by atoms with Crippen LogP contribution in [0, 0.1) is 0 Å². The summed E-state index contributed by atoms with van der Waals surface area (Å²) >= 11 is 6.23. The van der Waals surface area contributed by atoms with Crippen molar-refractivity contribution in [2.24, 2.45) is 5.73 Å². The maximum atomic E-state index is 6.35. The van der Waals surface area contributed by atoms with Crippen molar-refractivity contribution in [1.29, 1.82) is 0 Å². The van der Waals surface area contributed by atoms with Crippen molar-refractivity contribution >= 4 is 11.6 Å². The van der Waals surface area contributed by atoms with E-state index in [1.54, 1.807) is 6.20 Å². The maximum absolute atomic E-state index is 6.35. The number of hydrogen-bond acceptors (Lipinski definition) is 2. The molecule has 0 bridgehead atoms. The average Bonchev–Trinajstić information content (AvgIpc) is 2.80. The van der Waals surface area contributed by atoms with Crippen molar-refractivity contribution in [2.75, 3.05) is 0 Å². The zero-order valence-electron chi connectivity index (χ0n) is 11.6. The lowest BCUT2D eigenvalue weighted by molar-refractivity contribution is 0.499. The number of nitrogens with zero attached hydrogens (tertiary/aromatic N) is 2. The summed E-state index contributed by atoms with van der Waals surface area (Å²) in [5.74, 6) is 0. The minimum absolute atomic E-state index is 0.239. The highest BCUT2D eigenvalue weighted by atomic mass is 35.5. The molecule has 0 aliphatic rings. The lowest BCUT2D eigenvalue weighted by atomic mass is 10.0. The third-order valence-corrected chi connectivity index (χ3v) is 3.61. The Morgan fingerprint density at radius 1 is 1.26 bits per heavy atom. The molecular formula is C15H20ClN3. The first-order valence-electron chi connectivity index (χ1n) is 6.62. The van der Waals surface area contributed by atoms with Crippen molar-refractivity contribution in [1.82, 2.24) is 9.78 Å². The fourth-order valence-corrected chi connectivity index (χ4v) is 2.42. The van der Waals surface area contributed by atoms with Gasteiger partial charge in [-0.15, -0.1) is 0 Å². The second-order valence-electron chi connectivity index (χ2n) is 4.99. The molecule has 1 aromatic heterocycles. The van der Waals surface area contributed by atoms with Gasteiger partial charge >= 0.3 is 0 Å². The van der Waals surface area contributed by atoms with E-state index in [1.165, 1.54) is 5.56 Å². The van der Waals surface area contributed by atoms with Crippen LogP contribution >= 0.6 is 11.6 Å². The maximum Gasteiger partial charge on any atom is 0.0837 e. The van der Waals surface area contributed by atoms with Crippen molar-refractivity contribution < 1.29 is 0 Å². The molecule has 102 valence electrons. The average molecular weight is 278 g/mol. The molecule has 0 fully saturated rings. The number of aryl methyl sites for hydroxylation is 1. The van der Waals surface area contributed by atoms with E-state index < -0.39 is 0 Å².